The van der Waals surface area contributed by atoms with Crippen LogP contribution in [0.1, 0.15) is 29.9 Å². The number of allylic oxidation sites excluding steroid dienone is 3. The van der Waals surface area contributed by atoms with Crippen molar-refractivity contribution in [3.8, 4) is 16.9 Å². The number of furan rings is 1. The number of thiophene rings is 1. The van der Waals surface area contributed by atoms with Gasteiger partial charge in [-0.25, -0.2) is 9.98 Å². The molecule has 0 amide bonds. The molecule has 0 saturated carbocycles. The third-order valence-corrected chi connectivity index (χ3v) is 11.8. The highest BCUT2D eigenvalue weighted by Gasteiger charge is 2.35. The molecule has 1 N–H and O–H groups in total. The van der Waals surface area contributed by atoms with Crippen molar-refractivity contribution >= 4 is 65.1 Å². The maximum Gasteiger partial charge on any atom is 0.166 e. The standard InChI is InChI=1S/C45H31N3O2S/c1-2-10-26(11-3-1)43-46-44(48-45(47-43)34-17-9-15-32-30-12-4-6-18-37(30)50-41(32)34)28-21-23-39-36(25-28)35-24-27(20-22-38(35)49-39)29-14-8-16-33-31-13-5-7-19-40(31)51-42(29)33/h1-2,4-10,12-25,36,39,43H,3,11H2,(H,46,47,48). The molecule has 3 unspecified atom stereocenters. The maximum absolute atomic E-state index is 6.51. The molecule has 4 aliphatic rings. The van der Waals surface area contributed by atoms with Crippen LogP contribution in [0.3, 0.4) is 0 Å². The molecule has 0 bridgehead atoms. The second kappa shape index (κ2) is 11.3. The zero-order valence-electron chi connectivity index (χ0n) is 27.5. The van der Waals surface area contributed by atoms with Gasteiger partial charge in [-0.05, 0) is 65.9 Å². The molecular weight excluding hydrogens is 647 g/mol. The largest absolute Gasteiger partial charge is 0.485 e. The third-order valence-electron chi connectivity index (χ3n) is 10.6. The van der Waals surface area contributed by atoms with E-state index >= 15 is 0 Å². The molecule has 0 radical (unpaired) electrons. The first kappa shape index (κ1) is 28.8. The molecule has 4 heterocycles. The highest BCUT2D eigenvalue weighted by atomic mass is 32.1. The van der Waals surface area contributed by atoms with Gasteiger partial charge < -0.3 is 14.5 Å². The van der Waals surface area contributed by atoms with Crippen LogP contribution < -0.4 is 10.1 Å². The molecule has 5 aromatic carbocycles. The van der Waals surface area contributed by atoms with E-state index in [4.69, 9.17) is 19.1 Å². The van der Waals surface area contributed by atoms with E-state index in [1.165, 1.54) is 42.4 Å². The van der Waals surface area contributed by atoms with Crippen molar-refractivity contribution in [1.29, 1.82) is 0 Å². The number of amidine groups is 2. The topological polar surface area (TPSA) is 59.1 Å². The van der Waals surface area contributed by atoms with Crippen molar-refractivity contribution in [1.82, 2.24) is 5.32 Å². The van der Waals surface area contributed by atoms with Crippen molar-refractivity contribution in [2.45, 2.75) is 31.0 Å². The van der Waals surface area contributed by atoms with E-state index < -0.39 is 0 Å². The summed E-state index contributed by atoms with van der Waals surface area (Å²) in [6, 6.07) is 36.5. The Morgan fingerprint density at radius 2 is 1.59 bits per heavy atom. The smallest absolute Gasteiger partial charge is 0.166 e. The van der Waals surface area contributed by atoms with Crippen LogP contribution in [0.4, 0.5) is 0 Å². The van der Waals surface area contributed by atoms with Crippen molar-refractivity contribution < 1.29 is 9.15 Å². The average molecular weight is 678 g/mol. The van der Waals surface area contributed by atoms with E-state index in [-0.39, 0.29) is 18.2 Å². The van der Waals surface area contributed by atoms with Crippen molar-refractivity contribution in [3.63, 3.8) is 0 Å². The summed E-state index contributed by atoms with van der Waals surface area (Å²) < 4.78 is 15.6. The lowest BCUT2D eigenvalue weighted by molar-refractivity contribution is 0.268. The lowest BCUT2D eigenvalue weighted by atomic mass is 9.87. The SMILES string of the molecule is C1=CCCC(C2N=C(C3=CC4c5cc(-c6cccc7c6sc6ccccc67)ccc5OC4C=C3)NC(c3cccc4c3oc3ccccc34)=N2)=C1. The van der Waals surface area contributed by atoms with Gasteiger partial charge in [0, 0.05) is 48.0 Å². The van der Waals surface area contributed by atoms with Gasteiger partial charge in [0.2, 0.25) is 0 Å². The van der Waals surface area contributed by atoms with E-state index in [1.807, 2.05) is 23.5 Å². The summed E-state index contributed by atoms with van der Waals surface area (Å²) in [6.45, 7) is 0. The van der Waals surface area contributed by atoms with Crippen LogP contribution >= 0.6 is 11.3 Å². The number of fused-ring (bicyclic) bond motifs is 9. The quantitative estimate of drug-likeness (QED) is 0.202. The van der Waals surface area contributed by atoms with Crippen molar-refractivity contribution in [3.05, 3.63) is 162 Å². The molecule has 0 fully saturated rings. The minimum absolute atomic E-state index is 0.0578. The van der Waals surface area contributed by atoms with Crippen LogP contribution in [0.5, 0.6) is 5.75 Å². The van der Waals surface area contributed by atoms with Gasteiger partial charge in [0.05, 0.1) is 5.56 Å². The van der Waals surface area contributed by atoms with Gasteiger partial charge in [-0.3, -0.25) is 0 Å². The molecule has 2 aliphatic carbocycles. The van der Waals surface area contributed by atoms with Crippen molar-refractivity contribution in [2.24, 2.45) is 9.98 Å². The molecule has 244 valence electrons. The van der Waals surface area contributed by atoms with Crippen LogP contribution in [0.25, 0.3) is 53.2 Å². The number of nitrogens with zero attached hydrogens (tertiary/aromatic N) is 2. The summed E-state index contributed by atoms with van der Waals surface area (Å²) in [5.41, 5.74) is 8.53. The summed E-state index contributed by atoms with van der Waals surface area (Å²) in [6.07, 6.45) is 14.7. The van der Waals surface area contributed by atoms with E-state index in [9.17, 15) is 0 Å². The predicted octanol–water partition coefficient (Wildman–Crippen LogP) is 11.0. The minimum Gasteiger partial charge on any atom is -0.485 e. The van der Waals surface area contributed by atoms with Gasteiger partial charge in [0.1, 0.15) is 34.7 Å². The average Bonchev–Trinajstić information content (AvgIpc) is 3.89. The number of aliphatic imine (C=N–C) groups is 2. The monoisotopic (exact) mass is 677 g/mol. The Morgan fingerprint density at radius 3 is 2.51 bits per heavy atom. The first-order valence-electron chi connectivity index (χ1n) is 17.6. The van der Waals surface area contributed by atoms with Gasteiger partial charge in [0.15, 0.2) is 6.17 Å². The molecule has 2 aliphatic heterocycles. The Kier molecular flexibility index (Phi) is 6.37. The molecule has 51 heavy (non-hydrogen) atoms. The molecular formula is C45H31N3O2S. The van der Waals surface area contributed by atoms with E-state index in [0.717, 1.165) is 63.3 Å². The molecule has 7 aromatic rings. The summed E-state index contributed by atoms with van der Waals surface area (Å²) in [7, 11) is 0. The molecule has 11 rings (SSSR count). The summed E-state index contributed by atoms with van der Waals surface area (Å²) in [5, 5.41) is 8.45. The zero-order chi connectivity index (χ0) is 33.5. The fraction of sp³-hybridized carbons (Fsp3) is 0.111. The number of rotatable bonds is 4. The molecule has 3 atom stereocenters. The fourth-order valence-electron chi connectivity index (χ4n) is 8.07. The summed E-state index contributed by atoms with van der Waals surface area (Å²) in [4.78, 5) is 10.5. The van der Waals surface area contributed by atoms with E-state index in [2.05, 4.69) is 133 Å². The van der Waals surface area contributed by atoms with Crippen LogP contribution in [-0.4, -0.2) is 23.9 Å². The molecule has 0 spiro atoms. The Morgan fingerprint density at radius 1 is 0.765 bits per heavy atom. The highest BCUT2D eigenvalue weighted by molar-refractivity contribution is 7.26. The first-order chi connectivity index (χ1) is 25.2. The Labute approximate surface area is 298 Å². The minimum atomic E-state index is -0.326. The second-order valence-electron chi connectivity index (χ2n) is 13.6. The first-order valence-corrected chi connectivity index (χ1v) is 18.4. The van der Waals surface area contributed by atoms with Gasteiger partial charge in [-0.2, -0.15) is 0 Å². The number of ether oxygens (including phenoxy) is 1. The Balaban J connectivity index is 0.992. The number of hydrogen-bond acceptors (Lipinski definition) is 6. The van der Waals surface area contributed by atoms with Crippen LogP contribution in [0.2, 0.25) is 0 Å². The molecule has 0 saturated heterocycles. The fourth-order valence-corrected chi connectivity index (χ4v) is 9.31. The lowest BCUT2D eigenvalue weighted by Crippen LogP contribution is -2.39. The second-order valence-corrected chi connectivity index (χ2v) is 14.6. The predicted molar refractivity (Wildman–Crippen MR) is 210 cm³/mol. The van der Waals surface area contributed by atoms with Crippen LogP contribution in [-0.2, 0) is 0 Å². The summed E-state index contributed by atoms with van der Waals surface area (Å²) >= 11 is 1.87. The van der Waals surface area contributed by atoms with Gasteiger partial charge >= 0.3 is 0 Å². The van der Waals surface area contributed by atoms with Crippen LogP contribution in [0.15, 0.2) is 165 Å². The van der Waals surface area contributed by atoms with E-state index in [1.54, 1.807) is 0 Å². The van der Waals surface area contributed by atoms with Gasteiger partial charge in [-0.1, -0.05) is 103 Å². The highest BCUT2D eigenvalue weighted by Crippen LogP contribution is 2.46. The number of hydrogen-bond donors (Lipinski definition) is 1. The van der Waals surface area contributed by atoms with Gasteiger partial charge in [-0.15, -0.1) is 11.3 Å². The molecule has 5 nitrogen and oxygen atoms in total. The van der Waals surface area contributed by atoms with Crippen LogP contribution in [0, 0.1) is 0 Å². The van der Waals surface area contributed by atoms with Gasteiger partial charge in [0.25, 0.3) is 0 Å². The Hall–Kier alpha value is -5.98. The normalized spacial score (nSPS) is 20.8. The Bertz CT molecular complexity index is 2790. The zero-order valence-corrected chi connectivity index (χ0v) is 28.4. The van der Waals surface area contributed by atoms with E-state index in [0.29, 0.717) is 0 Å². The number of para-hydroxylation sites is 2. The lowest BCUT2D eigenvalue weighted by Gasteiger charge is -2.26. The maximum atomic E-state index is 6.51. The van der Waals surface area contributed by atoms with Crippen molar-refractivity contribution in [2.75, 3.05) is 0 Å². The summed E-state index contributed by atoms with van der Waals surface area (Å²) in [5.74, 6) is 2.57. The third kappa shape index (κ3) is 4.60. The molecule has 6 heteroatoms. The molecule has 2 aromatic heterocycles. The number of benzene rings is 5. The number of nitrogens with one attached hydrogen (secondary N) is 1.